The number of benzene rings is 1. The van der Waals surface area contributed by atoms with Gasteiger partial charge in [0.15, 0.2) is 5.60 Å². The molecule has 0 heterocycles. The third-order valence-electron chi connectivity index (χ3n) is 2.81. The monoisotopic (exact) mass is 258 g/mol. The van der Waals surface area contributed by atoms with E-state index in [1.54, 1.807) is 6.07 Å². The normalized spacial score (nSPS) is 14.9. The second-order valence-electron chi connectivity index (χ2n) is 3.87. The number of carbonyl (C=O) groups is 1. The molecule has 0 aliphatic rings. The van der Waals surface area contributed by atoms with E-state index in [9.17, 15) is 18.7 Å². The smallest absolute Gasteiger partial charge is 0.380 e. The first-order chi connectivity index (χ1) is 8.40. The van der Waals surface area contributed by atoms with Crippen LogP contribution in [-0.4, -0.2) is 23.6 Å². The number of halogens is 2. The van der Waals surface area contributed by atoms with Crippen molar-refractivity contribution in [2.45, 2.75) is 31.8 Å². The van der Waals surface area contributed by atoms with E-state index >= 15 is 0 Å². The molecule has 1 atom stereocenters. The van der Waals surface area contributed by atoms with Crippen LogP contribution in [0.25, 0.3) is 0 Å². The van der Waals surface area contributed by atoms with Crippen LogP contribution in [-0.2, 0) is 15.1 Å². The van der Waals surface area contributed by atoms with Gasteiger partial charge in [-0.1, -0.05) is 37.3 Å². The molecule has 0 saturated heterocycles. The Labute approximate surface area is 104 Å². The lowest BCUT2D eigenvalue weighted by atomic mass is 9.85. The van der Waals surface area contributed by atoms with Gasteiger partial charge in [-0.2, -0.15) is 8.78 Å². The summed E-state index contributed by atoms with van der Waals surface area (Å²) in [4.78, 5) is 11.3. The van der Waals surface area contributed by atoms with Crippen molar-refractivity contribution in [1.82, 2.24) is 0 Å². The number of ether oxygens (including phenoxy) is 1. The van der Waals surface area contributed by atoms with Gasteiger partial charge in [-0.05, 0) is 18.9 Å². The van der Waals surface area contributed by atoms with E-state index in [-0.39, 0.29) is 18.6 Å². The average molecular weight is 258 g/mol. The Bertz CT molecular complexity index is 406. The van der Waals surface area contributed by atoms with Crippen molar-refractivity contribution in [1.29, 1.82) is 0 Å². The minimum atomic E-state index is -3.99. The highest BCUT2D eigenvalue weighted by Crippen LogP contribution is 2.41. The van der Waals surface area contributed by atoms with Crippen LogP contribution in [0.4, 0.5) is 8.78 Å². The first-order valence-corrected chi connectivity index (χ1v) is 5.73. The van der Waals surface area contributed by atoms with Crippen molar-refractivity contribution in [2.75, 3.05) is 6.61 Å². The molecular formula is C13H16F2O3. The molecule has 100 valence electrons. The summed E-state index contributed by atoms with van der Waals surface area (Å²) in [7, 11) is 0. The number of aliphatic hydroxyl groups is 1. The molecule has 0 aliphatic heterocycles. The molecule has 1 aromatic carbocycles. The van der Waals surface area contributed by atoms with E-state index in [2.05, 4.69) is 4.74 Å². The topological polar surface area (TPSA) is 46.5 Å². The van der Waals surface area contributed by atoms with Gasteiger partial charge in [0, 0.05) is 0 Å². The number of alkyl halides is 2. The minimum absolute atomic E-state index is 0.00875. The van der Waals surface area contributed by atoms with Gasteiger partial charge in [0.05, 0.1) is 6.61 Å². The van der Waals surface area contributed by atoms with Crippen LogP contribution >= 0.6 is 0 Å². The second-order valence-corrected chi connectivity index (χ2v) is 3.87. The van der Waals surface area contributed by atoms with Crippen molar-refractivity contribution in [3.05, 3.63) is 35.9 Å². The molecule has 0 radical (unpaired) electrons. The van der Waals surface area contributed by atoms with E-state index in [0.717, 1.165) is 0 Å². The van der Waals surface area contributed by atoms with E-state index in [1.165, 1.54) is 38.1 Å². The van der Waals surface area contributed by atoms with Gasteiger partial charge in [-0.15, -0.1) is 0 Å². The van der Waals surface area contributed by atoms with Gasteiger partial charge in [-0.25, -0.2) is 4.79 Å². The van der Waals surface area contributed by atoms with Gasteiger partial charge < -0.3 is 9.84 Å². The third-order valence-corrected chi connectivity index (χ3v) is 2.81. The highest BCUT2D eigenvalue weighted by atomic mass is 19.3. The summed E-state index contributed by atoms with van der Waals surface area (Å²) in [6.07, 6.45) is -0.303. The molecule has 0 spiro atoms. The molecule has 18 heavy (non-hydrogen) atoms. The maximum Gasteiger partial charge on any atom is 0.380 e. The molecule has 1 aromatic rings. The van der Waals surface area contributed by atoms with Gasteiger partial charge in [0.2, 0.25) is 0 Å². The quantitative estimate of drug-likeness (QED) is 0.825. The van der Waals surface area contributed by atoms with E-state index < -0.39 is 17.5 Å². The number of esters is 1. The van der Waals surface area contributed by atoms with Crippen molar-refractivity contribution < 1.29 is 23.4 Å². The van der Waals surface area contributed by atoms with Gasteiger partial charge in [0.1, 0.15) is 0 Å². The summed E-state index contributed by atoms with van der Waals surface area (Å²) in [6.45, 7) is 2.66. The highest BCUT2D eigenvalue weighted by molar-refractivity contribution is 5.79. The SMILES string of the molecule is CCOC(=O)C(F)(F)C(O)(CC)c1ccccc1. The van der Waals surface area contributed by atoms with Crippen LogP contribution in [0.3, 0.4) is 0 Å². The van der Waals surface area contributed by atoms with Crippen molar-refractivity contribution in [3.63, 3.8) is 0 Å². The number of rotatable bonds is 5. The van der Waals surface area contributed by atoms with E-state index in [4.69, 9.17) is 0 Å². The first-order valence-electron chi connectivity index (χ1n) is 5.73. The highest BCUT2D eigenvalue weighted by Gasteiger charge is 2.59. The van der Waals surface area contributed by atoms with Crippen LogP contribution in [0.5, 0.6) is 0 Å². The predicted molar refractivity (Wildman–Crippen MR) is 62.2 cm³/mol. The molecule has 0 saturated carbocycles. The van der Waals surface area contributed by atoms with Crippen LogP contribution in [0.1, 0.15) is 25.8 Å². The molecule has 0 fully saturated rings. The molecular weight excluding hydrogens is 242 g/mol. The molecule has 0 amide bonds. The standard InChI is InChI=1S/C13H16F2O3/c1-3-12(17,10-8-6-5-7-9-10)13(14,15)11(16)18-4-2/h5-9,17H,3-4H2,1-2H3. The largest absolute Gasteiger partial charge is 0.461 e. The van der Waals surface area contributed by atoms with Gasteiger partial charge in [0.25, 0.3) is 0 Å². The lowest BCUT2D eigenvalue weighted by Crippen LogP contribution is -2.51. The summed E-state index contributed by atoms with van der Waals surface area (Å²) < 4.78 is 32.4. The Hall–Kier alpha value is -1.49. The van der Waals surface area contributed by atoms with Crippen molar-refractivity contribution in [2.24, 2.45) is 0 Å². The Kier molecular flexibility index (Phi) is 4.40. The maximum atomic E-state index is 14.0. The summed E-state index contributed by atoms with van der Waals surface area (Å²) in [5, 5.41) is 10.2. The average Bonchev–Trinajstić information content (AvgIpc) is 2.38. The predicted octanol–water partition coefficient (Wildman–Crippen LogP) is 2.48. The van der Waals surface area contributed by atoms with Crippen molar-refractivity contribution >= 4 is 5.97 Å². The fraction of sp³-hybridized carbons (Fsp3) is 0.462. The summed E-state index contributed by atoms with van der Waals surface area (Å²) >= 11 is 0. The molecule has 1 rings (SSSR count). The zero-order valence-electron chi connectivity index (χ0n) is 10.3. The van der Waals surface area contributed by atoms with Crippen molar-refractivity contribution in [3.8, 4) is 0 Å². The van der Waals surface area contributed by atoms with Crippen LogP contribution in [0, 0.1) is 0 Å². The Morgan fingerprint density at radius 2 is 1.83 bits per heavy atom. The Balaban J connectivity index is 3.19. The maximum absolute atomic E-state index is 14.0. The molecule has 1 unspecified atom stereocenters. The second kappa shape index (κ2) is 5.44. The van der Waals surface area contributed by atoms with Gasteiger partial charge in [-0.3, -0.25) is 0 Å². The number of carbonyl (C=O) groups excluding carboxylic acids is 1. The number of hydrogen-bond donors (Lipinski definition) is 1. The summed E-state index contributed by atoms with van der Waals surface area (Å²) in [6, 6.07) is 7.41. The Morgan fingerprint density at radius 3 is 2.28 bits per heavy atom. The van der Waals surface area contributed by atoms with Crippen LogP contribution in [0.15, 0.2) is 30.3 Å². The molecule has 1 N–H and O–H groups in total. The Morgan fingerprint density at radius 1 is 1.28 bits per heavy atom. The number of hydrogen-bond acceptors (Lipinski definition) is 3. The molecule has 3 nitrogen and oxygen atoms in total. The summed E-state index contributed by atoms with van der Waals surface area (Å²) in [5.74, 6) is -5.70. The van der Waals surface area contributed by atoms with E-state index in [1.807, 2.05) is 0 Å². The fourth-order valence-corrected chi connectivity index (χ4v) is 1.71. The lowest BCUT2D eigenvalue weighted by Gasteiger charge is -2.33. The van der Waals surface area contributed by atoms with Crippen LogP contribution < -0.4 is 0 Å². The lowest BCUT2D eigenvalue weighted by molar-refractivity contribution is -0.218. The third kappa shape index (κ3) is 2.36. The zero-order chi connectivity index (χ0) is 13.8. The van der Waals surface area contributed by atoms with E-state index in [0.29, 0.717) is 0 Å². The minimum Gasteiger partial charge on any atom is -0.461 e. The molecule has 5 heteroatoms. The molecule has 0 aliphatic carbocycles. The zero-order valence-corrected chi connectivity index (χ0v) is 10.3. The first kappa shape index (κ1) is 14.6. The van der Waals surface area contributed by atoms with Gasteiger partial charge >= 0.3 is 11.9 Å². The molecule has 0 aromatic heterocycles. The van der Waals surface area contributed by atoms with Crippen LogP contribution in [0.2, 0.25) is 0 Å². The fourth-order valence-electron chi connectivity index (χ4n) is 1.71. The molecule has 0 bridgehead atoms. The summed E-state index contributed by atoms with van der Waals surface area (Å²) in [5.41, 5.74) is -2.56.